The van der Waals surface area contributed by atoms with Gasteiger partial charge in [-0.05, 0) is 35.8 Å². The van der Waals surface area contributed by atoms with E-state index in [0.29, 0.717) is 6.42 Å². The van der Waals surface area contributed by atoms with E-state index in [-0.39, 0.29) is 5.91 Å². The Hall–Kier alpha value is -3.34. The minimum absolute atomic E-state index is 0.209. The SMILES string of the molecule is O=C1CCCN1c1ccc(-c2cncc(C3=CCc4ncncc43)c2)cc1. The molecule has 2 aliphatic rings. The number of rotatable bonds is 3. The summed E-state index contributed by atoms with van der Waals surface area (Å²) in [5.74, 6) is 0.209. The van der Waals surface area contributed by atoms with Crippen LogP contribution in [-0.2, 0) is 11.2 Å². The van der Waals surface area contributed by atoms with Crippen molar-refractivity contribution in [2.45, 2.75) is 19.3 Å². The van der Waals surface area contributed by atoms with Crippen molar-refractivity contribution in [1.29, 1.82) is 0 Å². The Bertz CT molecular complexity index is 1060. The Morgan fingerprint density at radius 2 is 1.78 bits per heavy atom. The van der Waals surface area contributed by atoms with Crippen LogP contribution in [0.4, 0.5) is 5.69 Å². The molecule has 0 radical (unpaired) electrons. The first kappa shape index (κ1) is 15.9. The van der Waals surface area contributed by atoms with Crippen LogP contribution >= 0.6 is 0 Å². The van der Waals surface area contributed by atoms with Crippen molar-refractivity contribution >= 4 is 17.2 Å². The summed E-state index contributed by atoms with van der Waals surface area (Å²) >= 11 is 0. The second-order valence-corrected chi connectivity index (χ2v) is 6.86. The van der Waals surface area contributed by atoms with Crippen molar-refractivity contribution in [2.24, 2.45) is 0 Å². The lowest BCUT2D eigenvalue weighted by Crippen LogP contribution is -2.23. The van der Waals surface area contributed by atoms with Crippen molar-refractivity contribution in [2.75, 3.05) is 11.4 Å². The molecule has 0 atom stereocenters. The van der Waals surface area contributed by atoms with Crippen LogP contribution in [0.5, 0.6) is 0 Å². The summed E-state index contributed by atoms with van der Waals surface area (Å²) in [4.78, 5) is 26.7. The van der Waals surface area contributed by atoms with Crippen molar-refractivity contribution in [3.05, 3.63) is 78.1 Å². The lowest BCUT2D eigenvalue weighted by molar-refractivity contribution is -0.117. The number of hydrogen-bond acceptors (Lipinski definition) is 4. The number of carbonyl (C=O) groups excluding carboxylic acids is 1. The molecule has 1 saturated heterocycles. The number of aromatic nitrogens is 3. The number of amides is 1. The summed E-state index contributed by atoms with van der Waals surface area (Å²) in [5.41, 5.74) is 7.46. The van der Waals surface area contributed by atoms with Gasteiger partial charge in [-0.1, -0.05) is 18.2 Å². The van der Waals surface area contributed by atoms with Gasteiger partial charge < -0.3 is 4.90 Å². The van der Waals surface area contributed by atoms with Crippen molar-refractivity contribution < 1.29 is 4.79 Å². The average Bonchev–Trinajstić information content (AvgIpc) is 3.34. The number of fused-ring (bicyclic) bond motifs is 1. The highest BCUT2D eigenvalue weighted by Crippen LogP contribution is 2.33. The molecule has 1 fully saturated rings. The second-order valence-electron chi connectivity index (χ2n) is 6.86. The van der Waals surface area contributed by atoms with Crippen LogP contribution in [0.25, 0.3) is 16.7 Å². The molecule has 2 aromatic heterocycles. The summed E-state index contributed by atoms with van der Waals surface area (Å²) < 4.78 is 0. The molecule has 0 N–H and O–H groups in total. The van der Waals surface area contributed by atoms with Crippen molar-refractivity contribution in [3.8, 4) is 11.1 Å². The summed E-state index contributed by atoms with van der Waals surface area (Å²) in [5, 5.41) is 0. The van der Waals surface area contributed by atoms with Crippen LogP contribution in [0.1, 0.15) is 29.7 Å². The lowest BCUT2D eigenvalue weighted by atomic mass is 10.00. The van der Waals surface area contributed by atoms with Gasteiger partial charge in [-0.15, -0.1) is 0 Å². The summed E-state index contributed by atoms with van der Waals surface area (Å²) in [6.07, 6.45) is 11.8. The molecule has 5 heteroatoms. The first-order chi connectivity index (χ1) is 13.3. The van der Waals surface area contributed by atoms with Gasteiger partial charge in [0.15, 0.2) is 0 Å². The zero-order chi connectivity index (χ0) is 18.2. The third kappa shape index (κ3) is 2.81. The molecule has 5 nitrogen and oxygen atoms in total. The first-order valence-electron chi connectivity index (χ1n) is 9.15. The molecule has 132 valence electrons. The Labute approximate surface area is 157 Å². The predicted octanol–water partition coefficient (Wildman–Crippen LogP) is 3.65. The third-order valence-corrected chi connectivity index (χ3v) is 5.22. The van der Waals surface area contributed by atoms with Crippen LogP contribution < -0.4 is 4.90 Å². The van der Waals surface area contributed by atoms with E-state index in [2.05, 4.69) is 39.2 Å². The zero-order valence-electron chi connectivity index (χ0n) is 14.8. The molecule has 3 heterocycles. The Morgan fingerprint density at radius 1 is 0.926 bits per heavy atom. The fraction of sp³-hybridized carbons (Fsp3) is 0.182. The number of carbonyl (C=O) groups is 1. The molecule has 0 spiro atoms. The highest BCUT2D eigenvalue weighted by atomic mass is 16.2. The van der Waals surface area contributed by atoms with Crippen LogP contribution in [0, 0.1) is 0 Å². The molecule has 0 bridgehead atoms. The molecule has 0 unspecified atom stereocenters. The van der Waals surface area contributed by atoms with Crippen LogP contribution in [0.2, 0.25) is 0 Å². The molecule has 3 aromatic rings. The number of pyridine rings is 1. The molecule has 1 aliphatic carbocycles. The normalized spacial score (nSPS) is 15.8. The minimum Gasteiger partial charge on any atom is -0.312 e. The van der Waals surface area contributed by atoms with E-state index in [1.165, 1.54) is 0 Å². The Kier molecular flexibility index (Phi) is 3.78. The number of benzene rings is 1. The van der Waals surface area contributed by atoms with Crippen molar-refractivity contribution in [1.82, 2.24) is 15.0 Å². The maximum absolute atomic E-state index is 11.9. The number of hydrogen-bond donors (Lipinski definition) is 0. The van der Waals surface area contributed by atoms with Gasteiger partial charge in [0.1, 0.15) is 6.33 Å². The maximum atomic E-state index is 11.9. The summed E-state index contributed by atoms with van der Waals surface area (Å²) in [6.45, 7) is 0.810. The van der Waals surface area contributed by atoms with Gasteiger partial charge in [0, 0.05) is 60.4 Å². The predicted molar refractivity (Wildman–Crippen MR) is 104 cm³/mol. The van der Waals surface area contributed by atoms with Gasteiger partial charge in [0.2, 0.25) is 5.91 Å². The fourth-order valence-corrected chi connectivity index (χ4v) is 3.82. The van der Waals surface area contributed by atoms with Gasteiger partial charge in [0.05, 0.1) is 5.69 Å². The smallest absolute Gasteiger partial charge is 0.227 e. The van der Waals surface area contributed by atoms with Gasteiger partial charge >= 0.3 is 0 Å². The van der Waals surface area contributed by atoms with E-state index in [1.807, 2.05) is 35.6 Å². The molecule has 1 amide bonds. The van der Waals surface area contributed by atoms with E-state index in [4.69, 9.17) is 0 Å². The topological polar surface area (TPSA) is 59.0 Å². The molecule has 5 rings (SSSR count). The second kappa shape index (κ2) is 6.43. The van der Waals surface area contributed by atoms with Gasteiger partial charge in [0.25, 0.3) is 0 Å². The Balaban J connectivity index is 1.45. The standard InChI is InChI=1S/C22H18N4O/c27-22-2-1-9-26(22)18-5-3-15(4-6-18)16-10-17(12-23-11-16)19-7-8-21-20(19)13-24-14-25-21/h3-7,10-14H,1-2,8-9H2. The van der Waals surface area contributed by atoms with Crippen molar-refractivity contribution in [3.63, 3.8) is 0 Å². The third-order valence-electron chi connectivity index (χ3n) is 5.22. The van der Waals surface area contributed by atoms with E-state index in [1.54, 1.807) is 6.33 Å². The molecule has 1 aromatic carbocycles. The van der Waals surface area contributed by atoms with Gasteiger partial charge in [-0.25, -0.2) is 9.97 Å². The average molecular weight is 354 g/mol. The first-order valence-corrected chi connectivity index (χ1v) is 9.15. The largest absolute Gasteiger partial charge is 0.312 e. The minimum atomic E-state index is 0.209. The monoisotopic (exact) mass is 354 g/mol. The fourth-order valence-electron chi connectivity index (χ4n) is 3.82. The quantitative estimate of drug-likeness (QED) is 0.720. The molecule has 27 heavy (non-hydrogen) atoms. The van der Waals surface area contributed by atoms with Crippen LogP contribution in [0.15, 0.2) is 61.3 Å². The van der Waals surface area contributed by atoms with Crippen LogP contribution in [-0.4, -0.2) is 27.4 Å². The van der Waals surface area contributed by atoms with Gasteiger partial charge in [-0.3, -0.25) is 9.78 Å². The molecular weight excluding hydrogens is 336 g/mol. The molecule has 1 aliphatic heterocycles. The van der Waals surface area contributed by atoms with E-state index >= 15 is 0 Å². The highest BCUT2D eigenvalue weighted by molar-refractivity contribution is 5.95. The number of anilines is 1. The zero-order valence-corrected chi connectivity index (χ0v) is 14.8. The van der Waals surface area contributed by atoms with E-state index in [0.717, 1.165) is 58.6 Å². The Morgan fingerprint density at radius 3 is 2.59 bits per heavy atom. The molecular formula is C22H18N4O. The molecule has 0 saturated carbocycles. The highest BCUT2D eigenvalue weighted by Gasteiger charge is 2.21. The maximum Gasteiger partial charge on any atom is 0.227 e. The number of allylic oxidation sites excluding steroid dienone is 1. The van der Waals surface area contributed by atoms with E-state index in [9.17, 15) is 4.79 Å². The van der Waals surface area contributed by atoms with Crippen LogP contribution in [0.3, 0.4) is 0 Å². The van der Waals surface area contributed by atoms with Gasteiger partial charge in [-0.2, -0.15) is 0 Å². The number of nitrogens with zero attached hydrogens (tertiary/aromatic N) is 4. The van der Waals surface area contributed by atoms with E-state index < -0.39 is 0 Å². The summed E-state index contributed by atoms with van der Waals surface area (Å²) in [6, 6.07) is 10.3. The lowest BCUT2D eigenvalue weighted by Gasteiger charge is -2.16. The summed E-state index contributed by atoms with van der Waals surface area (Å²) in [7, 11) is 0.